The van der Waals surface area contributed by atoms with Gasteiger partial charge in [0.1, 0.15) is 0 Å². The molecule has 1 unspecified atom stereocenters. The molecule has 0 aliphatic carbocycles. The van der Waals surface area contributed by atoms with Crippen LogP contribution in [0.1, 0.15) is 46.5 Å². The first kappa shape index (κ1) is 12.0. The van der Waals surface area contributed by atoms with Crippen LogP contribution in [0.2, 0.25) is 0 Å². The molecule has 0 radical (unpaired) electrons. The topological polar surface area (TPSA) is 20.3 Å². The molecule has 1 aliphatic heterocycles. The molecular weight excluding hydrogens is 242 g/mol. The number of rotatable bonds is 1. The lowest BCUT2D eigenvalue weighted by Crippen LogP contribution is -2.46. The van der Waals surface area contributed by atoms with Gasteiger partial charge < -0.3 is 4.90 Å². The van der Waals surface area contributed by atoms with Gasteiger partial charge in [-0.25, -0.2) is 0 Å². The molecule has 1 saturated heterocycles. The number of likely N-dealkylation sites (tertiary alicyclic amines) is 1. The number of alkyl halides is 1. The molecule has 0 aromatic heterocycles. The number of hydrogen-bond donors (Lipinski definition) is 0. The molecule has 0 spiro atoms. The highest BCUT2D eigenvalue weighted by Crippen LogP contribution is 2.24. The molecule has 1 aliphatic rings. The Hall–Kier alpha value is -0.0500. The van der Waals surface area contributed by atoms with Gasteiger partial charge in [-0.1, -0.05) is 28.8 Å². The molecule has 3 heteroatoms. The first-order chi connectivity index (χ1) is 6.43. The Morgan fingerprint density at radius 3 is 2.57 bits per heavy atom. The summed E-state index contributed by atoms with van der Waals surface area (Å²) < 4.78 is -0.411. The smallest absolute Gasteiger partial charge is 0.239 e. The second-order valence-corrected chi connectivity index (χ2v) is 6.65. The molecule has 0 saturated carbocycles. The van der Waals surface area contributed by atoms with Crippen LogP contribution in [-0.4, -0.2) is 27.7 Å². The SMILES string of the molecule is CC1CCCCCN1C(=O)C(C)(C)Br. The summed E-state index contributed by atoms with van der Waals surface area (Å²) in [7, 11) is 0. The van der Waals surface area contributed by atoms with Gasteiger partial charge in [-0.05, 0) is 33.6 Å². The molecule has 2 nitrogen and oxygen atoms in total. The van der Waals surface area contributed by atoms with E-state index in [-0.39, 0.29) is 5.91 Å². The second-order valence-electron chi connectivity index (χ2n) is 4.67. The third-order valence-corrected chi connectivity index (χ3v) is 3.16. The van der Waals surface area contributed by atoms with E-state index < -0.39 is 4.32 Å². The zero-order valence-corrected chi connectivity index (χ0v) is 10.9. The van der Waals surface area contributed by atoms with Gasteiger partial charge in [-0.2, -0.15) is 0 Å². The van der Waals surface area contributed by atoms with E-state index in [1.54, 1.807) is 0 Å². The highest BCUT2D eigenvalue weighted by molar-refractivity contribution is 9.10. The summed E-state index contributed by atoms with van der Waals surface area (Å²) >= 11 is 3.44. The predicted octanol–water partition coefficient (Wildman–Crippen LogP) is 2.95. The lowest BCUT2D eigenvalue weighted by molar-refractivity contribution is -0.134. The van der Waals surface area contributed by atoms with Crippen molar-refractivity contribution < 1.29 is 4.79 Å². The van der Waals surface area contributed by atoms with E-state index in [9.17, 15) is 4.79 Å². The largest absolute Gasteiger partial charge is 0.339 e. The van der Waals surface area contributed by atoms with Crippen molar-refractivity contribution in [1.29, 1.82) is 0 Å². The average Bonchev–Trinajstić information content (AvgIpc) is 2.27. The number of hydrogen-bond acceptors (Lipinski definition) is 1. The van der Waals surface area contributed by atoms with Crippen LogP contribution in [-0.2, 0) is 4.79 Å². The summed E-state index contributed by atoms with van der Waals surface area (Å²) in [4.78, 5) is 14.1. The van der Waals surface area contributed by atoms with Crippen LogP contribution in [0.25, 0.3) is 0 Å². The van der Waals surface area contributed by atoms with Crippen LogP contribution in [0.5, 0.6) is 0 Å². The van der Waals surface area contributed by atoms with Crippen LogP contribution in [0.4, 0.5) is 0 Å². The maximum atomic E-state index is 12.1. The quantitative estimate of drug-likeness (QED) is 0.665. The van der Waals surface area contributed by atoms with Gasteiger partial charge >= 0.3 is 0 Å². The molecule has 1 atom stereocenters. The summed E-state index contributed by atoms with van der Waals surface area (Å²) in [6.07, 6.45) is 4.82. The minimum atomic E-state index is -0.411. The van der Waals surface area contributed by atoms with E-state index in [0.717, 1.165) is 19.4 Å². The minimum Gasteiger partial charge on any atom is -0.339 e. The normalized spacial score (nSPS) is 24.6. The fraction of sp³-hybridized carbons (Fsp3) is 0.909. The van der Waals surface area contributed by atoms with Crippen molar-refractivity contribution in [3.63, 3.8) is 0 Å². The Morgan fingerprint density at radius 2 is 2.00 bits per heavy atom. The van der Waals surface area contributed by atoms with Crippen molar-refractivity contribution in [2.24, 2.45) is 0 Å². The van der Waals surface area contributed by atoms with E-state index in [2.05, 4.69) is 22.9 Å². The Bertz CT molecular complexity index is 210. The molecule has 0 aromatic carbocycles. The van der Waals surface area contributed by atoms with Crippen LogP contribution in [0, 0.1) is 0 Å². The highest BCUT2D eigenvalue weighted by atomic mass is 79.9. The van der Waals surface area contributed by atoms with Crippen molar-refractivity contribution in [3.05, 3.63) is 0 Å². The zero-order valence-electron chi connectivity index (χ0n) is 9.35. The first-order valence-corrected chi connectivity index (χ1v) is 6.22. The number of carbonyl (C=O) groups excluding carboxylic acids is 1. The first-order valence-electron chi connectivity index (χ1n) is 5.43. The van der Waals surface area contributed by atoms with E-state index in [0.29, 0.717) is 6.04 Å². The minimum absolute atomic E-state index is 0.229. The summed E-state index contributed by atoms with van der Waals surface area (Å²) in [6.45, 7) is 6.93. The molecular formula is C11H20BrNO. The number of amides is 1. The van der Waals surface area contributed by atoms with Crippen LogP contribution >= 0.6 is 15.9 Å². The summed E-state index contributed by atoms with van der Waals surface area (Å²) in [5, 5.41) is 0. The van der Waals surface area contributed by atoms with Crippen LogP contribution in [0.15, 0.2) is 0 Å². The third kappa shape index (κ3) is 2.97. The van der Waals surface area contributed by atoms with Gasteiger partial charge in [-0.3, -0.25) is 4.79 Å². The van der Waals surface area contributed by atoms with Crippen molar-refractivity contribution in [2.45, 2.75) is 56.8 Å². The zero-order chi connectivity index (χ0) is 10.8. The Labute approximate surface area is 95.2 Å². The fourth-order valence-electron chi connectivity index (χ4n) is 1.92. The molecule has 1 amide bonds. The standard InChI is InChI=1S/C11H20BrNO/c1-9-7-5-4-6-8-13(9)10(14)11(2,3)12/h9H,4-8H2,1-3H3. The predicted molar refractivity (Wildman–Crippen MR) is 62.6 cm³/mol. The average molecular weight is 262 g/mol. The molecule has 0 bridgehead atoms. The summed E-state index contributed by atoms with van der Waals surface area (Å²) in [6, 6.07) is 0.404. The van der Waals surface area contributed by atoms with E-state index in [1.165, 1.54) is 12.8 Å². The van der Waals surface area contributed by atoms with Crippen molar-refractivity contribution in [1.82, 2.24) is 4.90 Å². The van der Waals surface area contributed by atoms with E-state index in [4.69, 9.17) is 0 Å². The lowest BCUT2D eigenvalue weighted by Gasteiger charge is -2.32. The highest BCUT2D eigenvalue weighted by Gasteiger charge is 2.32. The van der Waals surface area contributed by atoms with E-state index >= 15 is 0 Å². The van der Waals surface area contributed by atoms with Crippen molar-refractivity contribution >= 4 is 21.8 Å². The molecule has 14 heavy (non-hydrogen) atoms. The van der Waals surface area contributed by atoms with Gasteiger partial charge in [0.2, 0.25) is 5.91 Å². The Morgan fingerprint density at radius 1 is 1.36 bits per heavy atom. The van der Waals surface area contributed by atoms with Crippen molar-refractivity contribution in [2.75, 3.05) is 6.54 Å². The third-order valence-electron chi connectivity index (χ3n) is 2.82. The van der Waals surface area contributed by atoms with Crippen molar-refractivity contribution in [3.8, 4) is 0 Å². The second kappa shape index (κ2) is 4.65. The molecule has 0 aromatic rings. The Kier molecular flexibility index (Phi) is 3.99. The van der Waals surface area contributed by atoms with Gasteiger partial charge in [0.25, 0.3) is 0 Å². The molecule has 1 fully saturated rings. The number of halogens is 1. The van der Waals surface area contributed by atoms with Gasteiger partial charge in [0.15, 0.2) is 0 Å². The van der Waals surface area contributed by atoms with Crippen LogP contribution in [0.3, 0.4) is 0 Å². The summed E-state index contributed by atoms with van der Waals surface area (Å²) in [5.41, 5.74) is 0. The molecule has 0 N–H and O–H groups in total. The van der Waals surface area contributed by atoms with Gasteiger partial charge in [0, 0.05) is 12.6 Å². The van der Waals surface area contributed by atoms with E-state index in [1.807, 2.05) is 18.7 Å². The monoisotopic (exact) mass is 261 g/mol. The Balaban J connectivity index is 2.69. The maximum Gasteiger partial charge on any atom is 0.239 e. The number of carbonyl (C=O) groups is 1. The summed E-state index contributed by atoms with van der Waals surface area (Å²) in [5.74, 6) is 0.229. The van der Waals surface area contributed by atoms with Crippen LogP contribution < -0.4 is 0 Å². The molecule has 1 rings (SSSR count). The lowest BCUT2D eigenvalue weighted by atomic mass is 10.1. The maximum absolute atomic E-state index is 12.1. The molecule has 1 heterocycles. The van der Waals surface area contributed by atoms with Gasteiger partial charge in [0.05, 0.1) is 4.32 Å². The fourth-order valence-corrected chi connectivity index (χ4v) is 2.15. The van der Waals surface area contributed by atoms with Gasteiger partial charge in [-0.15, -0.1) is 0 Å². The number of nitrogens with zero attached hydrogens (tertiary/aromatic N) is 1. The molecule has 82 valence electrons.